The molecule has 0 aliphatic heterocycles. The molecule has 1 amide bonds. The van der Waals surface area contributed by atoms with E-state index in [4.69, 9.17) is 0 Å². The highest BCUT2D eigenvalue weighted by molar-refractivity contribution is 7.90. The topological polar surface area (TPSA) is 104 Å². The van der Waals surface area contributed by atoms with Crippen LogP contribution in [0.5, 0.6) is 0 Å². The third kappa shape index (κ3) is 5.23. The Bertz CT molecular complexity index is 1050. The molecule has 2 aromatic rings. The number of fused-ring (bicyclic) bond motifs is 1. The molecular formula is C20H25N3O4S2. The summed E-state index contributed by atoms with van der Waals surface area (Å²) in [4.78, 5) is 12.7. The first-order valence-corrected chi connectivity index (χ1v) is 12.4. The summed E-state index contributed by atoms with van der Waals surface area (Å²) in [5, 5.41) is 2.35. The second-order valence-corrected chi connectivity index (χ2v) is 10.7. The lowest BCUT2D eigenvalue weighted by Gasteiger charge is -2.14. The molecule has 2 unspecified atom stereocenters. The van der Waals surface area contributed by atoms with Gasteiger partial charge in [-0.3, -0.25) is 4.79 Å². The van der Waals surface area contributed by atoms with Crippen LogP contribution in [0.2, 0.25) is 0 Å². The minimum atomic E-state index is -3.34. The van der Waals surface area contributed by atoms with E-state index in [9.17, 15) is 17.4 Å². The number of anilines is 2. The Hall–Kier alpha value is -2.23. The van der Waals surface area contributed by atoms with Gasteiger partial charge < -0.3 is 10.0 Å². The van der Waals surface area contributed by atoms with Crippen LogP contribution in [0.3, 0.4) is 0 Å². The molecule has 1 aliphatic carbocycles. The van der Waals surface area contributed by atoms with Crippen LogP contribution in [0, 0.1) is 0 Å². The molecule has 156 valence electrons. The number of hydrogen-bond acceptors (Lipinski definition) is 4. The first-order valence-electron chi connectivity index (χ1n) is 9.29. The largest absolute Gasteiger partial charge is 0.320 e. The summed E-state index contributed by atoms with van der Waals surface area (Å²) in [6.45, 7) is 3.29. The van der Waals surface area contributed by atoms with E-state index in [1.165, 1.54) is 6.26 Å². The predicted octanol–water partition coefficient (Wildman–Crippen LogP) is 2.44. The summed E-state index contributed by atoms with van der Waals surface area (Å²) in [5.41, 5.74) is 3.61. The molecule has 0 heterocycles. The predicted molar refractivity (Wildman–Crippen MR) is 117 cm³/mol. The van der Waals surface area contributed by atoms with E-state index < -0.39 is 26.3 Å². The number of hydrogen-bond donors (Lipinski definition) is 3. The Balaban J connectivity index is 1.73. The fourth-order valence-electron chi connectivity index (χ4n) is 3.24. The molecule has 2 atom stereocenters. The lowest BCUT2D eigenvalue weighted by atomic mass is 10.1. The number of sulfonamides is 1. The average molecular weight is 436 g/mol. The van der Waals surface area contributed by atoms with E-state index in [1.54, 1.807) is 44.2 Å². The van der Waals surface area contributed by atoms with Gasteiger partial charge in [-0.2, -0.15) is 0 Å². The molecule has 3 rings (SSSR count). The van der Waals surface area contributed by atoms with E-state index in [-0.39, 0.29) is 11.9 Å². The van der Waals surface area contributed by atoms with Crippen LogP contribution in [0.25, 0.3) is 0 Å². The summed E-state index contributed by atoms with van der Waals surface area (Å²) in [6.07, 6.45) is 2.68. The van der Waals surface area contributed by atoms with Crippen molar-refractivity contribution >= 4 is 38.3 Å². The third-order valence-corrected chi connectivity index (χ3v) is 7.19. The molecule has 0 fully saturated rings. The number of nitrogens with one attached hydrogen (secondary N) is 3. The maximum atomic E-state index is 12.7. The quantitative estimate of drug-likeness (QED) is 0.621. The first-order chi connectivity index (χ1) is 13.7. The van der Waals surface area contributed by atoms with Crippen molar-refractivity contribution in [3.63, 3.8) is 0 Å². The fourth-order valence-corrected chi connectivity index (χ4v) is 4.63. The molecular weight excluding hydrogens is 410 g/mol. The van der Waals surface area contributed by atoms with E-state index >= 15 is 0 Å². The minimum Gasteiger partial charge on any atom is -0.320 e. The second-order valence-electron chi connectivity index (χ2n) is 7.36. The maximum absolute atomic E-state index is 12.7. The Labute approximate surface area is 173 Å². The van der Waals surface area contributed by atoms with Gasteiger partial charge in [-0.15, -0.1) is 0 Å². The smallest absolute Gasteiger partial charge is 0.255 e. The van der Waals surface area contributed by atoms with Crippen LogP contribution in [0.15, 0.2) is 42.5 Å². The van der Waals surface area contributed by atoms with Crippen molar-refractivity contribution in [3.05, 3.63) is 59.2 Å². The highest BCUT2D eigenvalue weighted by Crippen LogP contribution is 2.26. The number of benzene rings is 2. The third-order valence-electron chi connectivity index (χ3n) is 4.78. The van der Waals surface area contributed by atoms with Crippen molar-refractivity contribution in [2.45, 2.75) is 38.0 Å². The molecule has 3 N–H and O–H groups in total. The lowest BCUT2D eigenvalue weighted by molar-refractivity contribution is 0.102. The van der Waals surface area contributed by atoms with Gasteiger partial charge in [0, 0.05) is 17.9 Å². The summed E-state index contributed by atoms with van der Waals surface area (Å²) in [5.74, 6) is -0.282. The van der Waals surface area contributed by atoms with Gasteiger partial charge in [0.15, 0.2) is 0 Å². The summed E-state index contributed by atoms with van der Waals surface area (Å²) in [7, 11) is -4.60. The maximum Gasteiger partial charge on any atom is 0.255 e. The Morgan fingerprint density at radius 3 is 2.38 bits per heavy atom. The normalized spacial score (nSPS) is 17.0. The molecule has 0 saturated carbocycles. The molecule has 0 spiro atoms. The van der Waals surface area contributed by atoms with Crippen molar-refractivity contribution in [1.82, 2.24) is 4.72 Å². The zero-order valence-corrected chi connectivity index (χ0v) is 18.2. The van der Waals surface area contributed by atoms with Crippen molar-refractivity contribution in [3.8, 4) is 0 Å². The van der Waals surface area contributed by atoms with E-state index in [1.807, 2.05) is 12.1 Å². The van der Waals surface area contributed by atoms with Crippen molar-refractivity contribution in [2.75, 3.05) is 16.3 Å². The molecule has 7 nitrogen and oxygen atoms in total. The highest BCUT2D eigenvalue weighted by atomic mass is 32.2. The van der Waals surface area contributed by atoms with Gasteiger partial charge in [0.25, 0.3) is 5.91 Å². The van der Waals surface area contributed by atoms with E-state index in [0.29, 0.717) is 29.8 Å². The Kier molecular flexibility index (Phi) is 6.40. The van der Waals surface area contributed by atoms with Gasteiger partial charge in [-0.25, -0.2) is 17.3 Å². The van der Waals surface area contributed by atoms with Gasteiger partial charge in [0.05, 0.1) is 16.6 Å². The standard InChI is InChI=1S/C20H25N3O4S2/c1-13(2)29(26,27)23-17-11-14-8-9-15(10-16(14)12-17)20(24)21-18-6-4-5-7-19(18)22-28(3)25/h4-10,13,17,22-23H,11-12H2,1-3H3,(H,21,24). The fraction of sp³-hybridized carbons (Fsp3) is 0.350. The summed E-state index contributed by atoms with van der Waals surface area (Å²) < 4.78 is 41.3. The number of carbonyl (C=O) groups is 1. The average Bonchev–Trinajstić information content (AvgIpc) is 3.03. The first kappa shape index (κ1) is 21.5. The number of carbonyl (C=O) groups excluding carboxylic acids is 1. The van der Waals surface area contributed by atoms with Crippen LogP contribution in [0.1, 0.15) is 35.3 Å². The molecule has 0 radical (unpaired) electrons. The zero-order valence-electron chi connectivity index (χ0n) is 16.6. The Morgan fingerprint density at radius 1 is 1.07 bits per heavy atom. The van der Waals surface area contributed by atoms with Crippen LogP contribution in [-0.4, -0.2) is 36.1 Å². The van der Waals surface area contributed by atoms with Crippen molar-refractivity contribution in [1.29, 1.82) is 0 Å². The van der Waals surface area contributed by atoms with Gasteiger partial charge >= 0.3 is 0 Å². The molecule has 1 aliphatic rings. The van der Waals surface area contributed by atoms with Crippen molar-refractivity contribution < 1.29 is 17.4 Å². The Morgan fingerprint density at radius 2 is 1.72 bits per heavy atom. The molecule has 0 saturated heterocycles. The van der Waals surface area contributed by atoms with Crippen LogP contribution >= 0.6 is 0 Å². The van der Waals surface area contributed by atoms with E-state index in [2.05, 4.69) is 14.8 Å². The minimum absolute atomic E-state index is 0.194. The van der Waals surface area contributed by atoms with Crippen LogP contribution < -0.4 is 14.8 Å². The van der Waals surface area contributed by atoms with Crippen molar-refractivity contribution in [2.24, 2.45) is 0 Å². The number of para-hydroxylation sites is 2. The van der Waals surface area contributed by atoms with Gasteiger partial charge in [0.2, 0.25) is 10.0 Å². The SMILES string of the molecule is CC(C)S(=O)(=O)NC1Cc2ccc(C(=O)Nc3ccccc3NS(C)=O)cc2C1. The van der Waals surface area contributed by atoms with Crippen LogP contribution in [-0.2, 0) is 33.9 Å². The molecule has 9 heteroatoms. The summed E-state index contributed by atoms with van der Waals surface area (Å²) >= 11 is 0. The monoisotopic (exact) mass is 435 g/mol. The lowest BCUT2D eigenvalue weighted by Crippen LogP contribution is -2.39. The van der Waals surface area contributed by atoms with Gasteiger partial charge in [0.1, 0.15) is 11.0 Å². The molecule has 2 aromatic carbocycles. The highest BCUT2D eigenvalue weighted by Gasteiger charge is 2.27. The molecule has 29 heavy (non-hydrogen) atoms. The zero-order chi connectivity index (χ0) is 21.2. The van der Waals surface area contributed by atoms with Crippen LogP contribution in [0.4, 0.5) is 11.4 Å². The number of amides is 1. The number of rotatable bonds is 7. The summed E-state index contributed by atoms with van der Waals surface area (Å²) in [6, 6.07) is 12.3. The molecule has 0 aromatic heterocycles. The second kappa shape index (κ2) is 8.64. The van der Waals surface area contributed by atoms with Gasteiger partial charge in [-0.05, 0) is 62.1 Å². The van der Waals surface area contributed by atoms with Gasteiger partial charge in [-0.1, -0.05) is 18.2 Å². The molecule has 0 bridgehead atoms. The van der Waals surface area contributed by atoms with E-state index in [0.717, 1.165) is 11.1 Å².